The standard InChI is InChI=1S/C15H19ClN2O6S/c1-8(2)17-15(21)18-13(19)9(3)24-14(20)11-7-10(25(4,22)23)5-6-12(11)16/h5-9H,1-4H3,(H2,17,18,19,21)/t9-/m1/s1. The first kappa shape index (κ1) is 20.9. The summed E-state index contributed by atoms with van der Waals surface area (Å²) in [6.07, 6.45) is -0.308. The largest absolute Gasteiger partial charge is 0.449 e. The van der Waals surface area contributed by atoms with Gasteiger partial charge in [0.15, 0.2) is 15.9 Å². The van der Waals surface area contributed by atoms with E-state index in [9.17, 15) is 22.8 Å². The van der Waals surface area contributed by atoms with Crippen molar-refractivity contribution in [3.05, 3.63) is 28.8 Å². The summed E-state index contributed by atoms with van der Waals surface area (Å²) in [5, 5.41) is 4.45. The molecule has 25 heavy (non-hydrogen) atoms. The average molecular weight is 391 g/mol. The summed E-state index contributed by atoms with van der Waals surface area (Å²) in [5.74, 6) is -1.82. The van der Waals surface area contributed by atoms with E-state index in [1.54, 1.807) is 13.8 Å². The second kappa shape index (κ2) is 8.30. The molecule has 138 valence electrons. The minimum atomic E-state index is -3.55. The Morgan fingerprint density at radius 1 is 1.16 bits per heavy atom. The molecule has 10 heteroatoms. The van der Waals surface area contributed by atoms with Gasteiger partial charge in [0.05, 0.1) is 15.5 Å². The molecule has 3 amide bonds. The minimum absolute atomic E-state index is 0.0254. The highest BCUT2D eigenvalue weighted by Gasteiger charge is 2.23. The molecule has 0 radical (unpaired) electrons. The number of nitrogens with one attached hydrogen (secondary N) is 2. The number of hydrogen-bond acceptors (Lipinski definition) is 6. The third-order valence-electron chi connectivity index (χ3n) is 2.90. The summed E-state index contributed by atoms with van der Waals surface area (Å²) in [6, 6.07) is 2.66. The van der Waals surface area contributed by atoms with E-state index in [0.717, 1.165) is 12.3 Å². The summed E-state index contributed by atoms with van der Waals surface area (Å²) in [5.41, 5.74) is -0.198. The Bertz CT molecular complexity index is 791. The SMILES string of the molecule is CC(C)NC(=O)NC(=O)[C@@H](C)OC(=O)c1cc(S(C)(=O)=O)ccc1Cl. The first-order valence-electron chi connectivity index (χ1n) is 7.23. The number of benzene rings is 1. The molecular weight excluding hydrogens is 372 g/mol. The van der Waals surface area contributed by atoms with Gasteiger partial charge in [-0.2, -0.15) is 0 Å². The molecule has 0 saturated heterocycles. The van der Waals surface area contributed by atoms with Gasteiger partial charge in [0, 0.05) is 12.3 Å². The highest BCUT2D eigenvalue weighted by molar-refractivity contribution is 7.90. The fourth-order valence-electron chi connectivity index (χ4n) is 1.68. The van der Waals surface area contributed by atoms with Crippen LogP contribution in [0.25, 0.3) is 0 Å². The number of hydrogen-bond donors (Lipinski definition) is 2. The highest BCUT2D eigenvalue weighted by Crippen LogP contribution is 2.21. The molecule has 0 saturated carbocycles. The van der Waals surface area contributed by atoms with Crippen LogP contribution >= 0.6 is 11.6 Å². The van der Waals surface area contributed by atoms with Crippen LogP contribution in [-0.4, -0.2) is 44.7 Å². The van der Waals surface area contributed by atoms with Gasteiger partial charge in [-0.3, -0.25) is 10.1 Å². The third kappa shape index (κ3) is 6.35. The molecule has 0 aromatic heterocycles. The Morgan fingerprint density at radius 3 is 2.28 bits per heavy atom. The second-order valence-corrected chi connectivity index (χ2v) is 8.00. The van der Waals surface area contributed by atoms with Gasteiger partial charge in [0.1, 0.15) is 0 Å². The lowest BCUT2D eigenvalue weighted by Gasteiger charge is -2.15. The van der Waals surface area contributed by atoms with Crippen LogP contribution in [0.15, 0.2) is 23.1 Å². The molecule has 1 aromatic rings. The molecule has 0 heterocycles. The first-order chi connectivity index (χ1) is 11.4. The molecule has 8 nitrogen and oxygen atoms in total. The second-order valence-electron chi connectivity index (χ2n) is 5.58. The van der Waals surface area contributed by atoms with Crippen LogP contribution in [0.4, 0.5) is 4.79 Å². The van der Waals surface area contributed by atoms with Crippen LogP contribution in [0.1, 0.15) is 31.1 Å². The molecule has 0 bridgehead atoms. The van der Waals surface area contributed by atoms with Crippen LogP contribution in [0, 0.1) is 0 Å². The number of carbonyl (C=O) groups excluding carboxylic acids is 3. The van der Waals surface area contributed by atoms with Crippen LogP contribution in [-0.2, 0) is 19.4 Å². The maximum atomic E-state index is 12.1. The average Bonchev–Trinajstić information content (AvgIpc) is 2.45. The lowest BCUT2D eigenvalue weighted by Crippen LogP contribution is -2.46. The van der Waals surface area contributed by atoms with E-state index < -0.39 is 33.8 Å². The summed E-state index contributed by atoms with van der Waals surface area (Å²) in [6.45, 7) is 4.69. The Hall–Kier alpha value is -2.13. The molecule has 0 spiro atoms. The van der Waals surface area contributed by atoms with E-state index in [1.165, 1.54) is 19.1 Å². The number of sulfone groups is 1. The summed E-state index contributed by atoms with van der Waals surface area (Å²) in [4.78, 5) is 35.3. The molecule has 0 fully saturated rings. The summed E-state index contributed by atoms with van der Waals surface area (Å²) >= 11 is 5.89. The maximum absolute atomic E-state index is 12.1. The lowest BCUT2D eigenvalue weighted by molar-refractivity contribution is -0.127. The lowest BCUT2D eigenvalue weighted by atomic mass is 10.2. The van der Waals surface area contributed by atoms with Gasteiger partial charge < -0.3 is 10.1 Å². The quantitative estimate of drug-likeness (QED) is 0.736. The summed E-state index contributed by atoms with van der Waals surface area (Å²) < 4.78 is 28.1. The van der Waals surface area contributed by atoms with Crippen LogP contribution < -0.4 is 10.6 Å². The van der Waals surface area contributed by atoms with Gasteiger partial charge in [-0.25, -0.2) is 18.0 Å². The van der Waals surface area contributed by atoms with E-state index in [2.05, 4.69) is 5.32 Å². The fourth-order valence-corrected chi connectivity index (χ4v) is 2.52. The van der Waals surface area contributed by atoms with Crippen molar-refractivity contribution in [2.75, 3.05) is 6.26 Å². The maximum Gasteiger partial charge on any atom is 0.340 e. The zero-order valence-electron chi connectivity index (χ0n) is 14.1. The molecule has 0 aliphatic heterocycles. The van der Waals surface area contributed by atoms with E-state index >= 15 is 0 Å². The summed E-state index contributed by atoms with van der Waals surface area (Å²) in [7, 11) is -3.55. The van der Waals surface area contributed by atoms with Crippen LogP contribution in [0.2, 0.25) is 5.02 Å². The molecule has 0 unspecified atom stereocenters. The molecule has 1 atom stereocenters. The van der Waals surface area contributed by atoms with Gasteiger partial charge in [0.25, 0.3) is 5.91 Å². The van der Waals surface area contributed by atoms with Gasteiger partial charge in [0.2, 0.25) is 0 Å². The van der Waals surface area contributed by atoms with Crippen LogP contribution in [0.5, 0.6) is 0 Å². The number of imide groups is 1. The van der Waals surface area contributed by atoms with E-state index in [4.69, 9.17) is 16.3 Å². The zero-order valence-corrected chi connectivity index (χ0v) is 15.7. The zero-order chi connectivity index (χ0) is 19.4. The van der Waals surface area contributed by atoms with Gasteiger partial charge in [-0.1, -0.05) is 11.6 Å². The Labute approximate surface area is 150 Å². The van der Waals surface area contributed by atoms with Crippen molar-refractivity contribution in [3.8, 4) is 0 Å². The number of esters is 1. The normalized spacial score (nSPS) is 12.4. The molecule has 0 aliphatic carbocycles. The predicted octanol–water partition coefficient (Wildman–Crippen LogP) is 1.52. The number of halogens is 1. The smallest absolute Gasteiger partial charge is 0.340 e. The molecule has 1 rings (SSSR count). The molecular formula is C15H19ClN2O6S. The number of ether oxygens (including phenoxy) is 1. The van der Waals surface area contributed by atoms with Crippen molar-refractivity contribution in [3.63, 3.8) is 0 Å². The van der Waals surface area contributed by atoms with Crippen molar-refractivity contribution in [1.29, 1.82) is 0 Å². The first-order valence-corrected chi connectivity index (χ1v) is 9.50. The van der Waals surface area contributed by atoms with Crippen molar-refractivity contribution < 1.29 is 27.5 Å². The van der Waals surface area contributed by atoms with Crippen molar-refractivity contribution in [2.45, 2.75) is 37.8 Å². The Kier molecular flexibility index (Phi) is 6.95. The van der Waals surface area contributed by atoms with Gasteiger partial charge in [-0.05, 0) is 39.0 Å². The number of rotatable bonds is 5. The Morgan fingerprint density at radius 2 is 1.76 bits per heavy atom. The van der Waals surface area contributed by atoms with E-state index in [0.29, 0.717) is 0 Å². The molecule has 0 aliphatic rings. The van der Waals surface area contributed by atoms with E-state index in [1.807, 2.05) is 5.32 Å². The van der Waals surface area contributed by atoms with Gasteiger partial charge >= 0.3 is 12.0 Å². The predicted molar refractivity (Wildman–Crippen MR) is 91.2 cm³/mol. The van der Waals surface area contributed by atoms with Crippen molar-refractivity contribution in [2.24, 2.45) is 0 Å². The van der Waals surface area contributed by atoms with Gasteiger partial charge in [-0.15, -0.1) is 0 Å². The molecule has 2 N–H and O–H groups in total. The van der Waals surface area contributed by atoms with Crippen molar-refractivity contribution in [1.82, 2.24) is 10.6 Å². The third-order valence-corrected chi connectivity index (χ3v) is 4.34. The number of urea groups is 1. The molecule has 1 aromatic carbocycles. The van der Waals surface area contributed by atoms with E-state index in [-0.39, 0.29) is 21.5 Å². The monoisotopic (exact) mass is 390 g/mol. The number of amides is 3. The Balaban J connectivity index is 2.85. The minimum Gasteiger partial charge on any atom is -0.449 e. The number of carbonyl (C=O) groups is 3. The fraction of sp³-hybridized carbons (Fsp3) is 0.400. The topological polar surface area (TPSA) is 119 Å². The van der Waals surface area contributed by atoms with Crippen molar-refractivity contribution >= 4 is 39.3 Å². The highest BCUT2D eigenvalue weighted by atomic mass is 35.5. The van der Waals surface area contributed by atoms with Crippen LogP contribution in [0.3, 0.4) is 0 Å².